The third kappa shape index (κ3) is 4.16. The van der Waals surface area contributed by atoms with Crippen LogP contribution >= 0.6 is 0 Å². The quantitative estimate of drug-likeness (QED) is 0.577. The zero-order chi connectivity index (χ0) is 14.3. The van der Waals surface area contributed by atoms with Gasteiger partial charge in [0.25, 0.3) is 0 Å². The van der Waals surface area contributed by atoms with Crippen LogP contribution in [0, 0.1) is 0 Å². The van der Waals surface area contributed by atoms with Gasteiger partial charge in [-0.15, -0.1) is 0 Å². The molecule has 0 spiro atoms. The van der Waals surface area contributed by atoms with E-state index in [0.29, 0.717) is 31.1 Å². The molecule has 1 N–H and O–H groups in total. The largest absolute Gasteiger partial charge is 0.507 e. The van der Waals surface area contributed by atoms with Gasteiger partial charge in [0, 0.05) is 18.6 Å². The highest BCUT2D eigenvalue weighted by Gasteiger charge is 2.18. The molecule has 0 saturated carbocycles. The maximum absolute atomic E-state index is 11.9. The summed E-state index contributed by atoms with van der Waals surface area (Å²) in [4.78, 5) is 11.9. The van der Waals surface area contributed by atoms with Crippen LogP contribution in [-0.4, -0.2) is 24.1 Å². The fourth-order valence-electron chi connectivity index (χ4n) is 1.72. The Hall–Kier alpha value is -1.71. The molecule has 0 aliphatic heterocycles. The minimum Gasteiger partial charge on any atom is -0.507 e. The van der Waals surface area contributed by atoms with Crippen LogP contribution in [0.2, 0.25) is 0 Å². The minimum absolute atomic E-state index is 0.0794. The van der Waals surface area contributed by atoms with E-state index >= 15 is 0 Å². The number of ether oxygens (including phenoxy) is 2. The van der Waals surface area contributed by atoms with Gasteiger partial charge >= 0.3 is 0 Å². The van der Waals surface area contributed by atoms with Crippen molar-refractivity contribution in [2.45, 2.75) is 40.0 Å². The average molecular weight is 266 g/mol. The molecule has 0 fully saturated rings. The first kappa shape index (κ1) is 15.3. The molecule has 0 saturated heterocycles. The number of Topliss-reactive ketones (excluding diaryl/α,β-unsaturated/α-hetero) is 1. The highest BCUT2D eigenvalue weighted by atomic mass is 16.5. The molecule has 106 valence electrons. The zero-order valence-corrected chi connectivity index (χ0v) is 11.9. The molecule has 0 radical (unpaired) electrons. The Labute approximate surface area is 114 Å². The van der Waals surface area contributed by atoms with Gasteiger partial charge in [-0.05, 0) is 13.3 Å². The Balaban J connectivity index is 3.08. The molecule has 0 atom stereocenters. The van der Waals surface area contributed by atoms with Crippen LogP contribution in [0.25, 0.3) is 0 Å². The van der Waals surface area contributed by atoms with Crippen molar-refractivity contribution >= 4 is 5.78 Å². The van der Waals surface area contributed by atoms with Crippen molar-refractivity contribution < 1.29 is 19.4 Å². The van der Waals surface area contributed by atoms with Gasteiger partial charge in [-0.2, -0.15) is 0 Å². The van der Waals surface area contributed by atoms with Gasteiger partial charge in [0.05, 0.1) is 13.2 Å². The summed E-state index contributed by atoms with van der Waals surface area (Å²) in [6.45, 7) is 6.70. The number of benzene rings is 1. The third-order valence-corrected chi connectivity index (χ3v) is 2.72. The van der Waals surface area contributed by atoms with E-state index in [1.807, 2.05) is 6.92 Å². The Morgan fingerprint density at radius 3 is 2.53 bits per heavy atom. The number of ketones is 1. The maximum atomic E-state index is 11.9. The van der Waals surface area contributed by atoms with Crippen LogP contribution in [0.4, 0.5) is 0 Å². The predicted molar refractivity (Wildman–Crippen MR) is 74.3 cm³/mol. The highest BCUT2D eigenvalue weighted by Crippen LogP contribution is 2.34. The Morgan fingerprint density at radius 2 is 1.95 bits per heavy atom. The summed E-state index contributed by atoms with van der Waals surface area (Å²) in [5.41, 5.74) is 0.252. The van der Waals surface area contributed by atoms with Crippen LogP contribution < -0.4 is 9.47 Å². The molecule has 0 bridgehead atoms. The molecule has 0 aliphatic rings. The number of unbranched alkanes of at least 4 members (excludes halogenated alkanes) is 1. The first-order chi connectivity index (χ1) is 9.13. The SMILES string of the molecule is CCCCOc1cc(OCC)cc(O)c1C(=O)CC. The van der Waals surface area contributed by atoms with E-state index in [9.17, 15) is 9.90 Å². The summed E-state index contributed by atoms with van der Waals surface area (Å²) in [7, 11) is 0. The molecule has 0 heterocycles. The summed E-state index contributed by atoms with van der Waals surface area (Å²) >= 11 is 0. The molecular formula is C15H22O4. The summed E-state index contributed by atoms with van der Waals surface area (Å²) < 4.78 is 11.0. The van der Waals surface area contributed by atoms with E-state index in [1.165, 1.54) is 6.07 Å². The van der Waals surface area contributed by atoms with Crippen molar-refractivity contribution in [2.75, 3.05) is 13.2 Å². The number of phenols is 1. The normalized spacial score (nSPS) is 10.3. The summed E-state index contributed by atoms with van der Waals surface area (Å²) in [6.07, 6.45) is 2.24. The first-order valence-corrected chi connectivity index (χ1v) is 6.79. The van der Waals surface area contributed by atoms with Crippen LogP contribution in [-0.2, 0) is 0 Å². The van der Waals surface area contributed by atoms with E-state index < -0.39 is 0 Å². The number of rotatable bonds is 8. The summed E-state index contributed by atoms with van der Waals surface area (Å²) in [5.74, 6) is 0.708. The number of aromatic hydroxyl groups is 1. The zero-order valence-electron chi connectivity index (χ0n) is 11.9. The second kappa shape index (κ2) is 7.67. The Morgan fingerprint density at radius 1 is 1.21 bits per heavy atom. The standard InChI is InChI=1S/C15H22O4/c1-4-7-8-19-14-10-11(18-6-3)9-13(17)15(14)12(16)5-2/h9-10,17H,4-8H2,1-3H3. The Bertz CT molecular complexity index is 426. The molecule has 0 aliphatic carbocycles. The van der Waals surface area contributed by atoms with E-state index in [2.05, 4.69) is 6.92 Å². The molecule has 4 heteroatoms. The fourth-order valence-corrected chi connectivity index (χ4v) is 1.72. The first-order valence-electron chi connectivity index (χ1n) is 6.79. The molecular weight excluding hydrogens is 244 g/mol. The second-order valence-electron chi connectivity index (χ2n) is 4.23. The lowest BCUT2D eigenvalue weighted by Gasteiger charge is -2.14. The van der Waals surface area contributed by atoms with Crippen molar-refractivity contribution in [3.8, 4) is 17.2 Å². The van der Waals surface area contributed by atoms with E-state index in [-0.39, 0.29) is 17.1 Å². The highest BCUT2D eigenvalue weighted by molar-refractivity contribution is 6.01. The molecule has 0 amide bonds. The third-order valence-electron chi connectivity index (χ3n) is 2.72. The maximum Gasteiger partial charge on any atom is 0.170 e. The number of phenolic OH excluding ortho intramolecular Hbond substituents is 1. The fraction of sp³-hybridized carbons (Fsp3) is 0.533. The average Bonchev–Trinajstić information content (AvgIpc) is 2.38. The Kier molecular flexibility index (Phi) is 6.19. The molecule has 1 rings (SSSR count). The van der Waals surface area contributed by atoms with Crippen LogP contribution in [0.5, 0.6) is 17.2 Å². The molecule has 19 heavy (non-hydrogen) atoms. The minimum atomic E-state index is -0.132. The summed E-state index contributed by atoms with van der Waals surface area (Å²) in [6, 6.07) is 3.13. The lowest BCUT2D eigenvalue weighted by Crippen LogP contribution is -2.06. The van der Waals surface area contributed by atoms with Gasteiger partial charge in [-0.1, -0.05) is 20.3 Å². The monoisotopic (exact) mass is 266 g/mol. The smallest absolute Gasteiger partial charge is 0.170 e. The molecule has 4 nitrogen and oxygen atoms in total. The second-order valence-corrected chi connectivity index (χ2v) is 4.23. The van der Waals surface area contributed by atoms with Gasteiger partial charge in [0.15, 0.2) is 5.78 Å². The van der Waals surface area contributed by atoms with Gasteiger partial charge in [0.2, 0.25) is 0 Å². The van der Waals surface area contributed by atoms with E-state index in [0.717, 1.165) is 12.8 Å². The molecule has 0 unspecified atom stereocenters. The van der Waals surface area contributed by atoms with Crippen LogP contribution in [0.15, 0.2) is 12.1 Å². The van der Waals surface area contributed by atoms with E-state index in [4.69, 9.17) is 9.47 Å². The van der Waals surface area contributed by atoms with Gasteiger partial charge in [-0.3, -0.25) is 4.79 Å². The van der Waals surface area contributed by atoms with Crippen molar-refractivity contribution in [3.05, 3.63) is 17.7 Å². The van der Waals surface area contributed by atoms with Crippen LogP contribution in [0.3, 0.4) is 0 Å². The molecule has 1 aromatic rings. The van der Waals surface area contributed by atoms with Gasteiger partial charge < -0.3 is 14.6 Å². The number of hydrogen-bond acceptors (Lipinski definition) is 4. The molecule has 0 aromatic heterocycles. The van der Waals surface area contributed by atoms with Gasteiger partial charge in [-0.25, -0.2) is 0 Å². The topological polar surface area (TPSA) is 55.8 Å². The van der Waals surface area contributed by atoms with Crippen molar-refractivity contribution in [1.82, 2.24) is 0 Å². The molecule has 1 aromatic carbocycles. The summed E-state index contributed by atoms with van der Waals surface area (Å²) in [5, 5.41) is 9.98. The lowest BCUT2D eigenvalue weighted by atomic mass is 10.1. The number of carbonyl (C=O) groups is 1. The van der Waals surface area contributed by atoms with E-state index in [1.54, 1.807) is 13.0 Å². The van der Waals surface area contributed by atoms with Crippen molar-refractivity contribution in [3.63, 3.8) is 0 Å². The lowest BCUT2D eigenvalue weighted by molar-refractivity contribution is 0.0981. The number of carbonyl (C=O) groups excluding carboxylic acids is 1. The van der Waals surface area contributed by atoms with Crippen molar-refractivity contribution in [2.24, 2.45) is 0 Å². The number of hydrogen-bond donors (Lipinski definition) is 1. The van der Waals surface area contributed by atoms with Crippen LogP contribution in [0.1, 0.15) is 50.4 Å². The van der Waals surface area contributed by atoms with Crippen molar-refractivity contribution in [1.29, 1.82) is 0 Å². The van der Waals surface area contributed by atoms with Gasteiger partial charge in [0.1, 0.15) is 22.8 Å². The predicted octanol–water partition coefficient (Wildman–Crippen LogP) is 3.56.